The zero-order valence-corrected chi connectivity index (χ0v) is 54.2. The number of carbonyl (C=O) groups excluding carboxylic acids is 14. The maximum Gasteiger partial charge on any atom is 0.305 e. The van der Waals surface area contributed by atoms with Gasteiger partial charge < -0.3 is 97.2 Å². The molecule has 0 bridgehead atoms. The molecule has 0 aromatic heterocycles. The molecule has 2 aromatic rings. The monoisotopic (exact) mass is 1340 g/mol. The number of primary amides is 4. The highest BCUT2D eigenvalue weighted by atomic mass is 32.2. The fraction of sp³-hybridized carbons (Fsp3) is 0.550. The molecule has 0 saturated carbocycles. The van der Waals surface area contributed by atoms with E-state index in [0.29, 0.717) is 11.1 Å². The summed E-state index contributed by atoms with van der Waals surface area (Å²) in [6, 6.07) is -2.36. The summed E-state index contributed by atoms with van der Waals surface area (Å²) >= 11 is 1.27. The number of aliphatic hydroxyl groups excluding tert-OH is 1. The van der Waals surface area contributed by atoms with Gasteiger partial charge in [0.25, 0.3) is 0 Å². The van der Waals surface area contributed by atoms with Crippen molar-refractivity contribution in [3.8, 4) is 5.75 Å². The highest BCUT2D eigenvalue weighted by molar-refractivity contribution is 7.98. The maximum atomic E-state index is 14.6. The number of nitrogens with one attached hydrogen (secondary N) is 10. The third-order valence-corrected chi connectivity index (χ3v) is 14.7. The average molecular weight is 1340 g/mol. The van der Waals surface area contributed by atoms with Crippen molar-refractivity contribution in [1.82, 2.24) is 53.2 Å². The van der Waals surface area contributed by atoms with Crippen LogP contribution >= 0.6 is 11.8 Å². The zero-order valence-electron chi connectivity index (χ0n) is 53.4. The van der Waals surface area contributed by atoms with Crippen molar-refractivity contribution in [2.45, 2.75) is 178 Å². The lowest BCUT2D eigenvalue weighted by Crippen LogP contribution is -2.61. The van der Waals surface area contributed by atoms with Gasteiger partial charge in [0.15, 0.2) is 0 Å². The van der Waals surface area contributed by atoms with Crippen molar-refractivity contribution in [1.29, 1.82) is 0 Å². The number of carboxylic acids is 1. The second kappa shape index (κ2) is 41.2. The minimum Gasteiger partial charge on any atom is -0.508 e. The Bertz CT molecular complexity index is 2960. The molecule has 0 heterocycles. The van der Waals surface area contributed by atoms with Crippen molar-refractivity contribution in [3.63, 3.8) is 0 Å². The van der Waals surface area contributed by atoms with Gasteiger partial charge in [0.1, 0.15) is 66.2 Å². The minimum atomic E-state index is -2.03. The number of phenols is 1. The van der Waals surface area contributed by atoms with Gasteiger partial charge in [0.2, 0.25) is 82.7 Å². The summed E-state index contributed by atoms with van der Waals surface area (Å²) in [6.45, 7) is 7.49. The number of amides is 14. The predicted molar refractivity (Wildman–Crippen MR) is 341 cm³/mol. The van der Waals surface area contributed by atoms with Crippen LogP contribution in [0.4, 0.5) is 0 Å². The van der Waals surface area contributed by atoms with Crippen LogP contribution in [0.1, 0.15) is 110 Å². The zero-order chi connectivity index (χ0) is 70.9. The van der Waals surface area contributed by atoms with Gasteiger partial charge in [-0.1, -0.05) is 70.2 Å². The number of phenolic OH excluding ortho intramolecular Hbond substituents is 1. The van der Waals surface area contributed by atoms with Gasteiger partial charge in [0, 0.05) is 32.1 Å². The molecule has 34 heteroatoms. The van der Waals surface area contributed by atoms with Crippen LogP contribution in [0, 0.1) is 11.8 Å². The van der Waals surface area contributed by atoms with Crippen LogP contribution in [0.5, 0.6) is 5.75 Å². The summed E-state index contributed by atoms with van der Waals surface area (Å²) in [6.07, 6.45) is -4.33. The summed E-state index contributed by atoms with van der Waals surface area (Å²) in [4.78, 5) is 200. The van der Waals surface area contributed by atoms with E-state index in [1.807, 2.05) is 0 Å². The van der Waals surface area contributed by atoms with E-state index in [2.05, 4.69) is 53.2 Å². The van der Waals surface area contributed by atoms with Gasteiger partial charge >= 0.3 is 5.97 Å². The SMILES string of the molecule is CSCC[C@H](NC(=O)[C@H](Cc1ccccc1)NC(=O)[C@H](CCC(N)=O)NC(=O)[C@H](CC(=O)O)NC(=O)[C@H](Cc1ccc(O)cc1)NC(=O)[C@H](CC(C)C)NC(=O)[C@@H](N)[C@@H](C)O)C(=O)N[C@@H](CC(C)C)C(=O)N[C@@H](CCC(N)=O)C(=O)N[C@@H](CCC(N)=O)C(=O)NCC(N)=O. The predicted octanol–water partition coefficient (Wildman–Crippen LogP) is -5.03. The highest BCUT2D eigenvalue weighted by Crippen LogP contribution is 2.16. The molecular weight excluding hydrogens is 1250 g/mol. The molecule has 2 aromatic carbocycles. The summed E-state index contributed by atoms with van der Waals surface area (Å²) in [7, 11) is 0. The van der Waals surface area contributed by atoms with Crippen molar-refractivity contribution < 1.29 is 87.2 Å². The standard InChI is InChI=1S/C60H91N15O18S/c1-30(2)24-40(55(88)68-37(17-20-46(62)79)52(85)67-36(16-19-45(61)78)51(84)66-29-48(64)81)71-54(87)39(22-23-94-6)70-57(90)42(26-33-10-8-7-9-11-33)72-53(86)38(18-21-47(63)80)69-59(92)44(28-49(82)83)74-58(91)43(27-34-12-14-35(77)15-13-34)73-56(89)41(25-31(3)4)75-60(93)50(65)32(5)76/h7-15,30-32,36-44,50,76-77H,16-29,65H2,1-6H3,(H2,61,78)(H2,62,79)(H2,63,80)(H2,64,81)(H,66,84)(H,67,85)(H,68,88)(H,69,92)(H,70,90)(H,71,87)(H,72,86)(H,73,89)(H,74,91)(H,75,93)(H,82,83)/t32-,36+,37+,38+,39+,40+,41+,42+,43+,44+,50+/m1/s1. The number of aromatic hydroxyl groups is 1. The van der Waals surface area contributed by atoms with E-state index in [4.69, 9.17) is 28.7 Å². The number of carbonyl (C=O) groups is 15. The first-order valence-corrected chi connectivity index (χ1v) is 31.6. The third kappa shape index (κ3) is 31.3. The van der Waals surface area contributed by atoms with Crippen molar-refractivity contribution in [3.05, 3.63) is 65.7 Å². The number of rotatable bonds is 44. The lowest BCUT2D eigenvalue weighted by molar-refractivity contribution is -0.141. The second-order valence-corrected chi connectivity index (χ2v) is 24.2. The number of aliphatic carboxylic acids is 1. The average Bonchev–Trinajstić information content (AvgIpc) is 0.986. The van der Waals surface area contributed by atoms with Crippen LogP contribution in [0.25, 0.3) is 0 Å². The maximum absolute atomic E-state index is 14.6. The molecule has 0 aliphatic carbocycles. The minimum absolute atomic E-state index is 0.00530. The van der Waals surface area contributed by atoms with Crippen molar-refractivity contribution in [2.75, 3.05) is 18.6 Å². The Morgan fingerprint density at radius 2 is 0.755 bits per heavy atom. The molecule has 520 valence electrons. The molecule has 0 unspecified atom stereocenters. The molecule has 0 aliphatic rings. The van der Waals surface area contributed by atoms with E-state index in [0.717, 1.165) is 0 Å². The summed E-state index contributed by atoms with van der Waals surface area (Å²) in [5.41, 5.74) is 27.9. The van der Waals surface area contributed by atoms with E-state index < -0.39 is 200 Å². The molecule has 0 fully saturated rings. The molecule has 0 radical (unpaired) electrons. The van der Waals surface area contributed by atoms with Gasteiger partial charge in [-0.15, -0.1) is 0 Å². The topological polar surface area (TPSA) is 567 Å². The molecule has 14 amide bonds. The molecule has 0 aliphatic heterocycles. The number of hydrogen-bond donors (Lipinski definition) is 18. The molecule has 23 N–H and O–H groups in total. The van der Waals surface area contributed by atoms with Gasteiger partial charge in [-0.3, -0.25) is 71.9 Å². The number of nitrogens with two attached hydrogens (primary N) is 5. The van der Waals surface area contributed by atoms with Crippen LogP contribution < -0.4 is 81.8 Å². The van der Waals surface area contributed by atoms with E-state index in [1.165, 1.54) is 43.0 Å². The lowest BCUT2D eigenvalue weighted by atomic mass is 10.00. The molecule has 0 spiro atoms. The van der Waals surface area contributed by atoms with Crippen molar-refractivity contribution >= 4 is 100 Å². The molecule has 2 rings (SSSR count). The normalized spacial score (nSPS) is 14.6. The fourth-order valence-corrected chi connectivity index (χ4v) is 9.53. The van der Waals surface area contributed by atoms with Crippen LogP contribution in [-0.2, 0) is 84.8 Å². The smallest absolute Gasteiger partial charge is 0.305 e. The Kier molecular flexibility index (Phi) is 35.4. The lowest BCUT2D eigenvalue weighted by Gasteiger charge is -2.29. The van der Waals surface area contributed by atoms with Crippen LogP contribution in [0.3, 0.4) is 0 Å². The second-order valence-electron chi connectivity index (χ2n) is 23.2. The number of carboxylic acid groups (broad SMARTS) is 1. The Morgan fingerprint density at radius 3 is 1.13 bits per heavy atom. The first-order valence-electron chi connectivity index (χ1n) is 30.2. The Morgan fingerprint density at radius 1 is 0.426 bits per heavy atom. The van der Waals surface area contributed by atoms with Gasteiger partial charge in [-0.25, -0.2) is 0 Å². The van der Waals surface area contributed by atoms with Gasteiger partial charge in [0.05, 0.1) is 19.1 Å². The summed E-state index contributed by atoms with van der Waals surface area (Å²) in [5.74, 6) is -16.0. The van der Waals surface area contributed by atoms with E-state index in [9.17, 15) is 87.2 Å². The van der Waals surface area contributed by atoms with Crippen LogP contribution in [-0.4, -0.2) is 189 Å². The van der Waals surface area contributed by atoms with Crippen LogP contribution in [0.2, 0.25) is 0 Å². The van der Waals surface area contributed by atoms with E-state index >= 15 is 0 Å². The number of benzene rings is 2. The number of hydrogen-bond acceptors (Lipinski definition) is 19. The number of aliphatic hydroxyl groups is 1. The summed E-state index contributed by atoms with van der Waals surface area (Å²) in [5, 5.41) is 54.4. The van der Waals surface area contributed by atoms with E-state index in [-0.39, 0.29) is 61.9 Å². The molecule has 94 heavy (non-hydrogen) atoms. The fourth-order valence-electron chi connectivity index (χ4n) is 9.06. The Labute approximate surface area is 547 Å². The van der Waals surface area contributed by atoms with Crippen molar-refractivity contribution in [2.24, 2.45) is 40.5 Å². The van der Waals surface area contributed by atoms with Gasteiger partial charge in [-0.2, -0.15) is 11.8 Å². The van der Waals surface area contributed by atoms with Gasteiger partial charge in [-0.05, 0) is 92.6 Å². The quantitative estimate of drug-likeness (QED) is 0.0295. The first kappa shape index (κ1) is 80.7. The number of thioether (sulfide) groups is 1. The molecule has 0 saturated heterocycles. The first-order chi connectivity index (χ1) is 44.1. The molecule has 11 atom stereocenters. The Balaban J connectivity index is 2.60. The van der Waals surface area contributed by atoms with Crippen LogP contribution in [0.15, 0.2) is 54.6 Å². The molecular formula is C60H91N15O18S. The molecule has 33 nitrogen and oxygen atoms in total. The highest BCUT2D eigenvalue weighted by Gasteiger charge is 2.37. The third-order valence-electron chi connectivity index (χ3n) is 14.1. The summed E-state index contributed by atoms with van der Waals surface area (Å²) < 4.78 is 0. The largest absolute Gasteiger partial charge is 0.508 e. The Hall–Kier alpha value is -9.44. The van der Waals surface area contributed by atoms with E-state index in [1.54, 1.807) is 64.3 Å².